The Hall–Kier alpha value is -0.770. The summed E-state index contributed by atoms with van der Waals surface area (Å²) >= 11 is 0. The van der Waals surface area contributed by atoms with E-state index in [-0.39, 0.29) is 18.1 Å². The first-order chi connectivity index (χ1) is 7.13. The Balaban J connectivity index is 2.27. The Labute approximate surface area is 91.8 Å². The summed E-state index contributed by atoms with van der Waals surface area (Å²) in [5.74, 6) is 0.473. The standard InChI is InChI=1S/C11H22N2O2/c1-4-10(8(2)3)13-11(14)12-9-5-6-15-7-9/h8-10H,4-7H2,1-3H3,(H2,12,13,14). The van der Waals surface area contributed by atoms with E-state index in [1.54, 1.807) is 0 Å². The lowest BCUT2D eigenvalue weighted by Gasteiger charge is -2.22. The second kappa shape index (κ2) is 5.95. The molecule has 2 N–H and O–H groups in total. The normalized spacial score (nSPS) is 22.8. The van der Waals surface area contributed by atoms with E-state index in [0.717, 1.165) is 19.4 Å². The summed E-state index contributed by atoms with van der Waals surface area (Å²) in [4.78, 5) is 11.6. The number of urea groups is 1. The van der Waals surface area contributed by atoms with Crippen LogP contribution >= 0.6 is 0 Å². The van der Waals surface area contributed by atoms with Crippen LogP contribution in [0.25, 0.3) is 0 Å². The van der Waals surface area contributed by atoms with E-state index in [2.05, 4.69) is 31.4 Å². The number of rotatable bonds is 4. The lowest BCUT2D eigenvalue weighted by molar-refractivity contribution is 0.187. The summed E-state index contributed by atoms with van der Waals surface area (Å²) in [5.41, 5.74) is 0. The zero-order chi connectivity index (χ0) is 11.3. The van der Waals surface area contributed by atoms with E-state index in [1.807, 2.05) is 0 Å². The van der Waals surface area contributed by atoms with Crippen molar-refractivity contribution in [2.24, 2.45) is 5.92 Å². The summed E-state index contributed by atoms with van der Waals surface area (Å²) in [6, 6.07) is 0.382. The average molecular weight is 214 g/mol. The van der Waals surface area contributed by atoms with Crippen molar-refractivity contribution in [3.05, 3.63) is 0 Å². The number of carbonyl (C=O) groups is 1. The van der Waals surface area contributed by atoms with Gasteiger partial charge in [-0.3, -0.25) is 0 Å². The molecule has 1 aliphatic heterocycles. The zero-order valence-corrected chi connectivity index (χ0v) is 9.88. The van der Waals surface area contributed by atoms with Gasteiger partial charge in [-0.1, -0.05) is 20.8 Å². The van der Waals surface area contributed by atoms with Gasteiger partial charge in [-0.2, -0.15) is 0 Å². The maximum atomic E-state index is 11.6. The summed E-state index contributed by atoms with van der Waals surface area (Å²) in [6.07, 6.45) is 1.89. The molecule has 1 fully saturated rings. The molecule has 1 saturated heterocycles. The summed E-state index contributed by atoms with van der Waals surface area (Å²) in [7, 11) is 0. The highest BCUT2D eigenvalue weighted by Gasteiger charge is 2.19. The third-order valence-electron chi connectivity index (χ3n) is 2.83. The van der Waals surface area contributed by atoms with Gasteiger partial charge in [-0.25, -0.2) is 4.79 Å². The van der Waals surface area contributed by atoms with Crippen LogP contribution in [0.3, 0.4) is 0 Å². The Bertz CT molecular complexity index is 201. The molecule has 0 bridgehead atoms. The molecule has 4 nitrogen and oxygen atoms in total. The predicted molar refractivity (Wildman–Crippen MR) is 59.8 cm³/mol. The highest BCUT2D eigenvalue weighted by molar-refractivity contribution is 5.74. The topological polar surface area (TPSA) is 50.4 Å². The van der Waals surface area contributed by atoms with E-state index >= 15 is 0 Å². The average Bonchev–Trinajstić information content (AvgIpc) is 2.66. The molecule has 4 heteroatoms. The summed E-state index contributed by atoms with van der Waals surface area (Å²) in [6.45, 7) is 7.72. The van der Waals surface area contributed by atoms with Crippen molar-refractivity contribution >= 4 is 6.03 Å². The molecule has 0 aromatic carbocycles. The largest absolute Gasteiger partial charge is 0.379 e. The fraction of sp³-hybridized carbons (Fsp3) is 0.909. The van der Waals surface area contributed by atoms with Gasteiger partial charge in [0.2, 0.25) is 0 Å². The third kappa shape index (κ3) is 4.08. The lowest BCUT2D eigenvalue weighted by atomic mass is 10.0. The molecule has 88 valence electrons. The molecule has 0 spiro atoms. The van der Waals surface area contributed by atoms with Gasteiger partial charge in [0, 0.05) is 12.6 Å². The molecule has 1 heterocycles. The molecular formula is C11H22N2O2. The van der Waals surface area contributed by atoms with Gasteiger partial charge in [0.25, 0.3) is 0 Å². The van der Waals surface area contributed by atoms with Gasteiger partial charge < -0.3 is 15.4 Å². The van der Waals surface area contributed by atoms with Crippen molar-refractivity contribution < 1.29 is 9.53 Å². The fourth-order valence-corrected chi connectivity index (χ4v) is 1.78. The number of carbonyl (C=O) groups excluding carboxylic acids is 1. The maximum Gasteiger partial charge on any atom is 0.315 e. The summed E-state index contributed by atoms with van der Waals surface area (Å²) < 4.78 is 5.19. The number of ether oxygens (including phenoxy) is 1. The smallest absolute Gasteiger partial charge is 0.315 e. The van der Waals surface area contributed by atoms with Crippen molar-refractivity contribution in [2.45, 2.75) is 45.7 Å². The van der Waals surface area contributed by atoms with Crippen molar-refractivity contribution in [2.75, 3.05) is 13.2 Å². The van der Waals surface area contributed by atoms with Crippen molar-refractivity contribution in [1.82, 2.24) is 10.6 Å². The first-order valence-electron chi connectivity index (χ1n) is 5.78. The highest BCUT2D eigenvalue weighted by Crippen LogP contribution is 2.06. The Kier molecular flexibility index (Phi) is 4.88. The minimum Gasteiger partial charge on any atom is -0.379 e. The van der Waals surface area contributed by atoms with Crippen LogP contribution < -0.4 is 10.6 Å². The number of nitrogens with one attached hydrogen (secondary N) is 2. The van der Waals surface area contributed by atoms with Crippen LogP contribution in [0.5, 0.6) is 0 Å². The van der Waals surface area contributed by atoms with E-state index in [4.69, 9.17) is 4.74 Å². The SMILES string of the molecule is CCC(NC(=O)NC1CCOC1)C(C)C. The molecule has 0 aliphatic carbocycles. The van der Waals surface area contributed by atoms with Crippen LogP contribution in [0, 0.1) is 5.92 Å². The van der Waals surface area contributed by atoms with Crippen molar-refractivity contribution in [3.63, 3.8) is 0 Å². The first-order valence-corrected chi connectivity index (χ1v) is 5.78. The van der Waals surface area contributed by atoms with E-state index in [0.29, 0.717) is 12.5 Å². The quantitative estimate of drug-likeness (QED) is 0.745. The molecule has 2 amide bonds. The molecule has 2 atom stereocenters. The molecular weight excluding hydrogens is 192 g/mol. The van der Waals surface area contributed by atoms with E-state index in [9.17, 15) is 4.79 Å². The molecule has 1 rings (SSSR count). The molecule has 2 unspecified atom stereocenters. The van der Waals surface area contributed by atoms with Crippen LogP contribution in [-0.2, 0) is 4.74 Å². The predicted octanol–water partition coefficient (Wildman–Crippen LogP) is 1.51. The van der Waals surface area contributed by atoms with Gasteiger partial charge in [-0.05, 0) is 18.8 Å². The van der Waals surface area contributed by atoms with Crippen LogP contribution in [0.2, 0.25) is 0 Å². The van der Waals surface area contributed by atoms with Crippen LogP contribution in [0.4, 0.5) is 4.79 Å². The van der Waals surface area contributed by atoms with E-state index in [1.165, 1.54) is 0 Å². The van der Waals surface area contributed by atoms with Crippen molar-refractivity contribution in [1.29, 1.82) is 0 Å². The van der Waals surface area contributed by atoms with Gasteiger partial charge in [-0.15, -0.1) is 0 Å². The fourth-order valence-electron chi connectivity index (χ4n) is 1.78. The molecule has 0 radical (unpaired) electrons. The first kappa shape index (κ1) is 12.3. The van der Waals surface area contributed by atoms with Gasteiger partial charge >= 0.3 is 6.03 Å². The Morgan fingerprint density at radius 3 is 2.73 bits per heavy atom. The van der Waals surface area contributed by atoms with Gasteiger partial charge in [0.1, 0.15) is 0 Å². The second-order valence-electron chi connectivity index (χ2n) is 4.44. The zero-order valence-electron chi connectivity index (χ0n) is 9.88. The second-order valence-corrected chi connectivity index (χ2v) is 4.44. The summed E-state index contributed by atoms with van der Waals surface area (Å²) in [5, 5.41) is 5.91. The van der Waals surface area contributed by atoms with Gasteiger partial charge in [0.05, 0.1) is 12.6 Å². The molecule has 0 aromatic heterocycles. The van der Waals surface area contributed by atoms with Crippen LogP contribution in [0.15, 0.2) is 0 Å². The van der Waals surface area contributed by atoms with Crippen molar-refractivity contribution in [3.8, 4) is 0 Å². The maximum absolute atomic E-state index is 11.6. The molecule has 15 heavy (non-hydrogen) atoms. The molecule has 0 saturated carbocycles. The molecule has 1 aliphatic rings. The minimum atomic E-state index is -0.0638. The van der Waals surface area contributed by atoms with Crippen LogP contribution in [0.1, 0.15) is 33.6 Å². The van der Waals surface area contributed by atoms with Gasteiger partial charge in [0.15, 0.2) is 0 Å². The van der Waals surface area contributed by atoms with E-state index < -0.39 is 0 Å². The van der Waals surface area contributed by atoms with Crippen LogP contribution in [-0.4, -0.2) is 31.3 Å². The monoisotopic (exact) mass is 214 g/mol. The number of amides is 2. The number of hydrogen-bond acceptors (Lipinski definition) is 2. The lowest BCUT2D eigenvalue weighted by Crippen LogP contribution is -2.47. The number of hydrogen-bond donors (Lipinski definition) is 2. The minimum absolute atomic E-state index is 0.0638. The third-order valence-corrected chi connectivity index (χ3v) is 2.83. The highest BCUT2D eigenvalue weighted by atomic mass is 16.5. The Morgan fingerprint density at radius 1 is 1.53 bits per heavy atom. The Morgan fingerprint density at radius 2 is 2.27 bits per heavy atom. The molecule has 0 aromatic rings.